The van der Waals surface area contributed by atoms with Crippen LogP contribution in [0, 0.1) is 5.92 Å². The molecule has 1 amide bonds. The van der Waals surface area contributed by atoms with Crippen LogP contribution in [0.5, 0.6) is 5.75 Å². The lowest BCUT2D eigenvalue weighted by atomic mass is 10.2. The zero-order chi connectivity index (χ0) is 23.3. The van der Waals surface area contributed by atoms with Crippen molar-refractivity contribution in [3.05, 3.63) is 42.5 Å². The molecule has 0 fully saturated rings. The van der Waals surface area contributed by atoms with E-state index in [4.69, 9.17) is 4.18 Å². The highest BCUT2D eigenvalue weighted by Gasteiger charge is 2.33. The number of nitrogens with zero attached hydrogens (tertiary/aromatic N) is 1. The number of anilines is 2. The fourth-order valence-electron chi connectivity index (χ4n) is 2.75. The zero-order valence-electron chi connectivity index (χ0n) is 18.5. The van der Waals surface area contributed by atoms with E-state index >= 15 is 0 Å². The third-order valence-electron chi connectivity index (χ3n) is 4.48. The van der Waals surface area contributed by atoms with Crippen LogP contribution in [-0.4, -0.2) is 34.6 Å². The topological polar surface area (TPSA) is 113 Å². The average Bonchev–Trinajstić information content (AvgIpc) is 3.12. The number of hydrogen-bond acceptors (Lipinski definition) is 7. The van der Waals surface area contributed by atoms with Crippen molar-refractivity contribution in [3.8, 4) is 5.75 Å². The number of aromatic nitrogens is 1. The lowest BCUT2D eigenvalue weighted by Crippen LogP contribution is -2.28. The molecule has 1 aromatic heterocycles. The van der Waals surface area contributed by atoms with Crippen LogP contribution >= 0.6 is 11.3 Å². The lowest BCUT2D eigenvalue weighted by molar-refractivity contribution is -0.118. The van der Waals surface area contributed by atoms with Gasteiger partial charge >= 0.3 is 10.5 Å². The number of carbonyl (C=O) groups excluding carboxylic acids is 1. The molecule has 0 bridgehead atoms. The normalized spacial score (nSPS) is 13.3. The van der Waals surface area contributed by atoms with E-state index in [1.807, 2.05) is 0 Å². The summed E-state index contributed by atoms with van der Waals surface area (Å²) in [6.07, 6.45) is 0. The third kappa shape index (κ3) is 6.49. The van der Waals surface area contributed by atoms with E-state index in [9.17, 15) is 13.6 Å². The van der Waals surface area contributed by atoms with E-state index in [0.717, 1.165) is 23.5 Å². The standard InChI is InChI=1S/C22H28N4O4S2/c1-14(2)21(27)26-22-25-19-10-7-17(13-20(19)31-22)30-32(28,29)18-8-5-16(6-9-18)24-12-11-23-15(3)4/h5-10,13-15,23H,11-12H2,1-4H3,(H2-,24,25,26,27,28,29)/p+1. The summed E-state index contributed by atoms with van der Waals surface area (Å²) in [5, 5.41) is 9.82. The van der Waals surface area contributed by atoms with Crippen LogP contribution in [0.1, 0.15) is 27.7 Å². The van der Waals surface area contributed by atoms with Gasteiger partial charge in [-0.15, -0.1) is 4.55 Å². The highest BCUT2D eigenvalue weighted by atomic mass is 32.3. The maximum Gasteiger partial charge on any atom is 0.429 e. The predicted octanol–water partition coefficient (Wildman–Crippen LogP) is 4.63. The van der Waals surface area contributed by atoms with Crippen molar-refractivity contribution in [3.63, 3.8) is 0 Å². The monoisotopic (exact) mass is 477 g/mol. The SMILES string of the molecule is CC(C)NCCNc1ccc([S+](=O)(O)Oc2ccc3nc(NC(=O)C(C)C)sc3c2)cc1. The first kappa shape index (κ1) is 24.1. The second-order valence-corrected chi connectivity index (χ2v) is 10.5. The Kier molecular flexibility index (Phi) is 7.83. The summed E-state index contributed by atoms with van der Waals surface area (Å²) >= 11 is 1.28. The van der Waals surface area contributed by atoms with Crippen molar-refractivity contribution in [1.29, 1.82) is 0 Å². The molecule has 0 aliphatic heterocycles. The van der Waals surface area contributed by atoms with Gasteiger partial charge in [0.15, 0.2) is 10.9 Å². The Morgan fingerprint density at radius 1 is 1.12 bits per heavy atom. The fraction of sp³-hybridized carbons (Fsp3) is 0.364. The highest BCUT2D eigenvalue weighted by Crippen LogP contribution is 2.31. The molecule has 8 nitrogen and oxygen atoms in total. The van der Waals surface area contributed by atoms with Crippen LogP contribution in [0.25, 0.3) is 10.2 Å². The Labute approximate surface area is 193 Å². The quantitative estimate of drug-likeness (QED) is 0.249. The predicted molar refractivity (Wildman–Crippen MR) is 131 cm³/mol. The smallest absolute Gasteiger partial charge is 0.384 e. The minimum Gasteiger partial charge on any atom is -0.384 e. The van der Waals surface area contributed by atoms with E-state index in [1.54, 1.807) is 56.3 Å². The Balaban J connectivity index is 1.66. The maximum atomic E-state index is 12.8. The van der Waals surface area contributed by atoms with E-state index < -0.39 is 10.5 Å². The van der Waals surface area contributed by atoms with Crippen LogP contribution in [0.3, 0.4) is 0 Å². The van der Waals surface area contributed by atoms with Crippen molar-refractivity contribution in [1.82, 2.24) is 10.3 Å². The second kappa shape index (κ2) is 10.4. The van der Waals surface area contributed by atoms with Gasteiger partial charge in [0.2, 0.25) is 10.8 Å². The molecule has 1 unspecified atom stereocenters. The zero-order valence-corrected chi connectivity index (χ0v) is 20.2. The van der Waals surface area contributed by atoms with Crippen LogP contribution in [-0.2, 0) is 19.5 Å². The molecular formula is C22H29N4O4S2+. The average molecular weight is 478 g/mol. The molecule has 1 atom stereocenters. The van der Waals surface area contributed by atoms with E-state index in [1.165, 1.54) is 11.3 Å². The van der Waals surface area contributed by atoms with Gasteiger partial charge in [-0.1, -0.05) is 39.0 Å². The van der Waals surface area contributed by atoms with Gasteiger partial charge in [-0.3, -0.25) is 4.79 Å². The molecule has 0 aliphatic carbocycles. The summed E-state index contributed by atoms with van der Waals surface area (Å²) in [6, 6.07) is 12.0. The molecule has 0 saturated carbocycles. The Morgan fingerprint density at radius 2 is 1.84 bits per heavy atom. The van der Waals surface area contributed by atoms with Crippen LogP contribution in [0.15, 0.2) is 47.4 Å². The molecule has 0 spiro atoms. The number of nitrogens with one attached hydrogen (secondary N) is 3. The minimum absolute atomic E-state index is 0.118. The van der Waals surface area contributed by atoms with Crippen molar-refractivity contribution >= 4 is 48.8 Å². The number of benzene rings is 2. The molecule has 0 aliphatic rings. The highest BCUT2D eigenvalue weighted by molar-refractivity contribution is 7.93. The molecule has 4 N–H and O–H groups in total. The molecule has 3 rings (SSSR count). The van der Waals surface area contributed by atoms with Crippen molar-refractivity contribution < 1.29 is 17.7 Å². The number of carbonyl (C=O) groups is 1. The third-order valence-corrected chi connectivity index (χ3v) is 6.70. The first-order valence-corrected chi connectivity index (χ1v) is 12.6. The van der Waals surface area contributed by atoms with Crippen LogP contribution < -0.4 is 20.1 Å². The van der Waals surface area contributed by atoms with E-state index in [0.29, 0.717) is 16.7 Å². The van der Waals surface area contributed by atoms with Crippen LogP contribution in [0.4, 0.5) is 10.8 Å². The number of thiazole rings is 1. The number of rotatable bonds is 10. The van der Waals surface area contributed by atoms with Gasteiger partial charge < -0.3 is 16.0 Å². The Bertz CT molecular complexity index is 1110. The Morgan fingerprint density at radius 3 is 2.50 bits per heavy atom. The molecular weight excluding hydrogens is 448 g/mol. The summed E-state index contributed by atoms with van der Waals surface area (Å²) in [6.45, 7) is 9.35. The van der Waals surface area contributed by atoms with Crippen molar-refractivity contribution in [2.75, 3.05) is 23.7 Å². The van der Waals surface area contributed by atoms with Gasteiger partial charge in [-0.25, -0.2) is 9.17 Å². The van der Waals surface area contributed by atoms with Gasteiger partial charge in [0.05, 0.1) is 10.2 Å². The number of amides is 1. The van der Waals surface area contributed by atoms with Crippen LogP contribution in [0.2, 0.25) is 0 Å². The summed E-state index contributed by atoms with van der Waals surface area (Å²) in [7, 11) is -3.73. The molecule has 3 aromatic rings. The minimum atomic E-state index is -3.73. The largest absolute Gasteiger partial charge is 0.429 e. The van der Waals surface area contributed by atoms with E-state index in [2.05, 4.69) is 34.8 Å². The van der Waals surface area contributed by atoms with Gasteiger partial charge in [-0.2, -0.15) is 0 Å². The van der Waals surface area contributed by atoms with Gasteiger partial charge in [0, 0.05) is 48.9 Å². The van der Waals surface area contributed by atoms with Gasteiger partial charge in [-0.05, 0) is 28.5 Å². The summed E-state index contributed by atoms with van der Waals surface area (Å²) < 4.78 is 29.4. The number of hydrogen-bond donors (Lipinski definition) is 4. The van der Waals surface area contributed by atoms with Gasteiger partial charge in [0.1, 0.15) is 0 Å². The second-order valence-electron chi connectivity index (χ2n) is 7.91. The molecule has 172 valence electrons. The maximum absolute atomic E-state index is 12.8. The van der Waals surface area contributed by atoms with Crippen molar-refractivity contribution in [2.24, 2.45) is 5.92 Å². The first-order chi connectivity index (χ1) is 15.1. The lowest BCUT2D eigenvalue weighted by Gasteiger charge is -2.10. The molecule has 10 heteroatoms. The van der Waals surface area contributed by atoms with Crippen molar-refractivity contribution in [2.45, 2.75) is 38.6 Å². The molecule has 0 radical (unpaired) electrons. The molecule has 0 saturated heterocycles. The van der Waals surface area contributed by atoms with Gasteiger partial charge in [0.25, 0.3) is 0 Å². The molecule has 32 heavy (non-hydrogen) atoms. The first-order valence-electron chi connectivity index (χ1n) is 10.4. The molecule has 1 heterocycles. The summed E-state index contributed by atoms with van der Waals surface area (Å²) in [5.41, 5.74) is 1.53. The summed E-state index contributed by atoms with van der Waals surface area (Å²) in [4.78, 5) is 16.4. The molecule has 2 aromatic carbocycles. The van der Waals surface area contributed by atoms with E-state index in [-0.39, 0.29) is 22.5 Å². The number of fused-ring (bicyclic) bond motifs is 1. The summed E-state index contributed by atoms with van der Waals surface area (Å²) in [5.74, 6) is -0.0244. The fourth-order valence-corrected chi connectivity index (χ4v) is 4.59. The Hall–Kier alpha value is -2.53.